The molecule has 124 valence electrons. The van der Waals surface area contributed by atoms with Gasteiger partial charge in [0.05, 0.1) is 31.9 Å². The van der Waals surface area contributed by atoms with Gasteiger partial charge in [-0.3, -0.25) is 4.79 Å². The molecular weight excluding hydrogens is 298 g/mol. The first kappa shape index (κ1) is 18.4. The Balaban J connectivity index is 2.82. The fourth-order valence-corrected chi connectivity index (χ4v) is 1.68. The first-order valence-corrected chi connectivity index (χ1v) is 6.97. The van der Waals surface area contributed by atoms with Gasteiger partial charge in [-0.25, -0.2) is 4.79 Å². The van der Waals surface area contributed by atoms with Gasteiger partial charge in [-0.1, -0.05) is 11.8 Å². The fourth-order valence-electron chi connectivity index (χ4n) is 1.68. The zero-order chi connectivity index (χ0) is 17.5. The zero-order valence-corrected chi connectivity index (χ0v) is 14.0. The summed E-state index contributed by atoms with van der Waals surface area (Å²) in [6.45, 7) is 5.47. The molecule has 0 aliphatic carbocycles. The van der Waals surface area contributed by atoms with E-state index >= 15 is 0 Å². The number of alkyl carbamates (subject to hydrolysis) is 1. The molecule has 0 atom stereocenters. The Kier molecular flexibility index (Phi) is 6.46. The second kappa shape index (κ2) is 8.08. The van der Waals surface area contributed by atoms with Crippen LogP contribution in [0.1, 0.15) is 36.7 Å². The van der Waals surface area contributed by atoms with Gasteiger partial charge in [0.1, 0.15) is 17.1 Å². The van der Waals surface area contributed by atoms with Gasteiger partial charge in [0.2, 0.25) is 0 Å². The third-order valence-corrected chi connectivity index (χ3v) is 2.62. The van der Waals surface area contributed by atoms with Crippen molar-refractivity contribution >= 4 is 12.4 Å². The number of benzene rings is 1. The van der Waals surface area contributed by atoms with Gasteiger partial charge in [-0.15, -0.1) is 0 Å². The van der Waals surface area contributed by atoms with Crippen molar-refractivity contribution in [1.82, 2.24) is 5.32 Å². The standard InChI is InChI=1S/C17H21NO5/c1-17(2,3)23-16(20)18-8-6-7-12-9-15(22-5)13(11-19)10-14(12)21-4/h9-11H,8H2,1-5H3,(H,18,20). The lowest BCUT2D eigenvalue weighted by Gasteiger charge is -2.19. The molecule has 1 amide bonds. The van der Waals surface area contributed by atoms with Crippen LogP contribution in [0.2, 0.25) is 0 Å². The minimum atomic E-state index is -0.557. The highest BCUT2D eigenvalue weighted by molar-refractivity contribution is 5.81. The highest BCUT2D eigenvalue weighted by atomic mass is 16.6. The molecule has 0 bridgehead atoms. The van der Waals surface area contributed by atoms with Crippen LogP contribution >= 0.6 is 0 Å². The second-order valence-corrected chi connectivity index (χ2v) is 5.57. The van der Waals surface area contributed by atoms with Crippen LogP contribution in [0.15, 0.2) is 12.1 Å². The summed E-state index contributed by atoms with van der Waals surface area (Å²) in [4.78, 5) is 22.5. The van der Waals surface area contributed by atoms with Gasteiger partial charge in [0.25, 0.3) is 0 Å². The third-order valence-electron chi connectivity index (χ3n) is 2.62. The van der Waals surface area contributed by atoms with E-state index in [1.54, 1.807) is 32.9 Å². The van der Waals surface area contributed by atoms with Crippen LogP contribution in [0.4, 0.5) is 4.79 Å². The van der Waals surface area contributed by atoms with Gasteiger partial charge in [0.15, 0.2) is 6.29 Å². The number of hydrogen-bond donors (Lipinski definition) is 1. The molecular formula is C17H21NO5. The predicted molar refractivity (Wildman–Crippen MR) is 86.0 cm³/mol. The SMILES string of the molecule is COc1cc(C=O)c(OC)cc1C#CCNC(=O)OC(C)(C)C. The molecule has 1 aromatic rings. The maximum atomic E-state index is 11.5. The van der Waals surface area contributed by atoms with Crippen molar-refractivity contribution < 1.29 is 23.8 Å². The molecule has 0 aliphatic heterocycles. The molecule has 1 N–H and O–H groups in total. The van der Waals surface area contributed by atoms with Crippen LogP contribution in [-0.4, -0.2) is 38.7 Å². The van der Waals surface area contributed by atoms with Crippen LogP contribution in [0.5, 0.6) is 11.5 Å². The van der Waals surface area contributed by atoms with E-state index in [-0.39, 0.29) is 6.54 Å². The predicted octanol–water partition coefficient (Wildman–Crippen LogP) is 2.39. The Morgan fingerprint density at radius 1 is 1.22 bits per heavy atom. The lowest BCUT2D eigenvalue weighted by Crippen LogP contribution is -2.32. The van der Waals surface area contributed by atoms with Gasteiger partial charge in [-0.2, -0.15) is 0 Å². The quantitative estimate of drug-likeness (QED) is 0.681. The molecule has 6 nitrogen and oxygen atoms in total. The van der Waals surface area contributed by atoms with Gasteiger partial charge in [0, 0.05) is 6.07 Å². The first-order valence-electron chi connectivity index (χ1n) is 6.97. The Hall–Kier alpha value is -2.68. The topological polar surface area (TPSA) is 73.9 Å². The smallest absolute Gasteiger partial charge is 0.408 e. The molecule has 0 aliphatic rings. The fraction of sp³-hybridized carbons (Fsp3) is 0.412. The number of methoxy groups -OCH3 is 2. The summed E-state index contributed by atoms with van der Waals surface area (Å²) >= 11 is 0. The number of nitrogens with one attached hydrogen (secondary N) is 1. The van der Waals surface area contributed by atoms with Crippen LogP contribution < -0.4 is 14.8 Å². The van der Waals surface area contributed by atoms with Crippen molar-refractivity contribution in [1.29, 1.82) is 0 Å². The molecule has 0 unspecified atom stereocenters. The number of rotatable bonds is 4. The molecule has 1 rings (SSSR count). The van der Waals surface area contributed by atoms with Crippen molar-refractivity contribution in [2.45, 2.75) is 26.4 Å². The van der Waals surface area contributed by atoms with E-state index < -0.39 is 11.7 Å². The monoisotopic (exact) mass is 319 g/mol. The molecule has 0 spiro atoms. The lowest BCUT2D eigenvalue weighted by molar-refractivity contribution is 0.0535. The van der Waals surface area contributed by atoms with Crippen molar-refractivity contribution in [3.8, 4) is 23.3 Å². The summed E-state index contributed by atoms with van der Waals surface area (Å²) in [5.41, 5.74) is 0.376. The second-order valence-electron chi connectivity index (χ2n) is 5.57. The third kappa shape index (κ3) is 5.91. The van der Waals surface area contributed by atoms with Crippen LogP contribution in [-0.2, 0) is 4.74 Å². The van der Waals surface area contributed by atoms with Crippen LogP contribution in [0.3, 0.4) is 0 Å². The largest absolute Gasteiger partial charge is 0.496 e. The maximum absolute atomic E-state index is 11.5. The van der Waals surface area contributed by atoms with E-state index in [1.165, 1.54) is 14.2 Å². The maximum Gasteiger partial charge on any atom is 0.408 e. The Bertz CT molecular complexity index is 635. The van der Waals surface area contributed by atoms with Crippen molar-refractivity contribution in [2.24, 2.45) is 0 Å². The minimum Gasteiger partial charge on any atom is -0.496 e. The van der Waals surface area contributed by atoms with Gasteiger partial charge in [-0.05, 0) is 26.8 Å². The van der Waals surface area contributed by atoms with Crippen molar-refractivity contribution in [2.75, 3.05) is 20.8 Å². The minimum absolute atomic E-state index is 0.121. The van der Waals surface area contributed by atoms with E-state index in [2.05, 4.69) is 17.2 Å². The molecule has 1 aromatic carbocycles. The summed E-state index contributed by atoms with van der Waals surface area (Å²) < 4.78 is 15.4. The van der Waals surface area contributed by atoms with Crippen LogP contribution in [0.25, 0.3) is 0 Å². The molecule has 0 saturated heterocycles. The van der Waals surface area contributed by atoms with Gasteiger partial charge >= 0.3 is 6.09 Å². The van der Waals surface area contributed by atoms with Crippen LogP contribution in [0, 0.1) is 11.8 Å². The van der Waals surface area contributed by atoms with E-state index in [9.17, 15) is 9.59 Å². The van der Waals surface area contributed by atoms with Crippen molar-refractivity contribution in [3.63, 3.8) is 0 Å². The number of carbonyl (C=O) groups excluding carboxylic acids is 2. The molecule has 0 fully saturated rings. The number of ether oxygens (including phenoxy) is 3. The Morgan fingerprint density at radius 3 is 2.39 bits per heavy atom. The number of hydrogen-bond acceptors (Lipinski definition) is 5. The molecule has 0 saturated carbocycles. The average molecular weight is 319 g/mol. The molecule has 6 heteroatoms. The van der Waals surface area contributed by atoms with E-state index in [0.717, 1.165) is 0 Å². The number of aldehydes is 1. The molecule has 0 radical (unpaired) electrons. The molecule has 23 heavy (non-hydrogen) atoms. The molecule has 0 heterocycles. The Morgan fingerprint density at radius 2 is 1.87 bits per heavy atom. The average Bonchev–Trinajstić information content (AvgIpc) is 2.48. The lowest BCUT2D eigenvalue weighted by atomic mass is 10.1. The summed E-state index contributed by atoms with van der Waals surface area (Å²) in [7, 11) is 2.95. The summed E-state index contributed by atoms with van der Waals surface area (Å²) in [5, 5.41) is 2.54. The normalized spacial score (nSPS) is 10.1. The highest BCUT2D eigenvalue weighted by Crippen LogP contribution is 2.27. The van der Waals surface area contributed by atoms with E-state index in [0.29, 0.717) is 28.9 Å². The first-order chi connectivity index (χ1) is 10.8. The van der Waals surface area contributed by atoms with E-state index in [1.807, 2.05) is 0 Å². The summed E-state index contributed by atoms with van der Waals surface area (Å²) in [6, 6.07) is 3.17. The number of carbonyl (C=O) groups is 2. The van der Waals surface area contributed by atoms with Crippen molar-refractivity contribution in [3.05, 3.63) is 23.3 Å². The number of amides is 1. The summed E-state index contributed by atoms with van der Waals surface area (Å²) in [5.74, 6) is 6.53. The van der Waals surface area contributed by atoms with E-state index in [4.69, 9.17) is 14.2 Å². The zero-order valence-electron chi connectivity index (χ0n) is 14.0. The summed E-state index contributed by atoms with van der Waals surface area (Å²) in [6.07, 6.45) is 0.149. The highest BCUT2D eigenvalue weighted by Gasteiger charge is 2.15. The Labute approximate surface area is 136 Å². The molecule has 0 aromatic heterocycles. The van der Waals surface area contributed by atoms with Gasteiger partial charge < -0.3 is 19.5 Å².